The maximum Gasteiger partial charge on any atom is 0.145 e. The van der Waals surface area contributed by atoms with Crippen LogP contribution in [0.1, 0.15) is 22.9 Å². The lowest BCUT2D eigenvalue weighted by molar-refractivity contribution is 0.664. The van der Waals surface area contributed by atoms with Gasteiger partial charge in [-0.2, -0.15) is 0 Å². The highest BCUT2D eigenvalue weighted by atomic mass is 16.3. The fourth-order valence-corrected chi connectivity index (χ4v) is 7.51. The second-order valence-electron chi connectivity index (χ2n) is 13.2. The van der Waals surface area contributed by atoms with Crippen LogP contribution in [0.4, 0.5) is 0 Å². The Morgan fingerprint density at radius 2 is 1.04 bits per heavy atom. The number of hydrogen-bond acceptors (Lipinski definition) is 3. The maximum absolute atomic E-state index is 6.07. The van der Waals surface area contributed by atoms with Gasteiger partial charge < -0.3 is 9.73 Å². The Kier molecular flexibility index (Phi) is 6.88. The molecule has 0 fully saturated rings. The van der Waals surface area contributed by atoms with Gasteiger partial charge in [-0.25, -0.2) is 0 Å². The molecule has 3 nitrogen and oxygen atoms in total. The molecular weight excluding hydrogens is 621 g/mol. The summed E-state index contributed by atoms with van der Waals surface area (Å²) < 4.78 is 6.07. The molecule has 0 saturated heterocycles. The Hall–Kier alpha value is -6.71. The van der Waals surface area contributed by atoms with Gasteiger partial charge in [0.05, 0.1) is 5.71 Å². The van der Waals surface area contributed by atoms with E-state index in [0.717, 1.165) is 61.2 Å². The molecule has 1 aliphatic heterocycles. The van der Waals surface area contributed by atoms with Gasteiger partial charge in [-0.3, -0.25) is 4.99 Å². The van der Waals surface area contributed by atoms with Gasteiger partial charge in [0.15, 0.2) is 0 Å². The van der Waals surface area contributed by atoms with Crippen molar-refractivity contribution in [2.75, 3.05) is 0 Å². The van der Waals surface area contributed by atoms with E-state index in [1.165, 1.54) is 32.7 Å². The van der Waals surface area contributed by atoms with Crippen LogP contribution in [0.3, 0.4) is 0 Å². The predicted octanol–water partition coefficient (Wildman–Crippen LogP) is 12.4. The van der Waals surface area contributed by atoms with Crippen molar-refractivity contribution in [2.45, 2.75) is 6.17 Å². The summed E-state index contributed by atoms with van der Waals surface area (Å²) in [6.07, 6.45) is 1.97. The zero-order chi connectivity index (χ0) is 33.7. The molecule has 3 heteroatoms. The number of allylic oxidation sites excluding steroid dienone is 1. The molecule has 1 aromatic heterocycles. The summed E-state index contributed by atoms with van der Waals surface area (Å²) in [6.45, 7) is 0. The van der Waals surface area contributed by atoms with E-state index in [0.29, 0.717) is 0 Å². The summed E-state index contributed by atoms with van der Waals surface area (Å²) in [4.78, 5) is 5.21. The predicted molar refractivity (Wildman–Crippen MR) is 213 cm³/mol. The van der Waals surface area contributed by atoms with Crippen LogP contribution in [0.2, 0.25) is 0 Å². The number of nitrogens with zero attached hydrogens (tertiary/aromatic N) is 1. The Morgan fingerprint density at radius 3 is 1.86 bits per heavy atom. The fourth-order valence-electron chi connectivity index (χ4n) is 7.51. The molecule has 0 saturated carbocycles. The van der Waals surface area contributed by atoms with Crippen LogP contribution in [0.5, 0.6) is 0 Å². The average Bonchev–Trinajstić information content (AvgIpc) is 3.59. The van der Waals surface area contributed by atoms with Gasteiger partial charge in [-0.1, -0.05) is 152 Å². The number of aliphatic imine (C=N–C) groups is 1. The molecular formula is C48H32N2O. The van der Waals surface area contributed by atoms with Crippen LogP contribution in [0.25, 0.3) is 71.4 Å². The summed E-state index contributed by atoms with van der Waals surface area (Å²) in [5.74, 6) is 0. The van der Waals surface area contributed by atoms with E-state index in [2.05, 4.69) is 169 Å². The van der Waals surface area contributed by atoms with Gasteiger partial charge in [0, 0.05) is 16.5 Å². The van der Waals surface area contributed by atoms with Crippen molar-refractivity contribution in [3.05, 3.63) is 199 Å². The van der Waals surface area contributed by atoms with Crippen LogP contribution in [-0.4, -0.2) is 5.71 Å². The van der Waals surface area contributed by atoms with Crippen LogP contribution >= 0.6 is 0 Å². The van der Waals surface area contributed by atoms with Crippen molar-refractivity contribution in [1.29, 1.82) is 0 Å². The van der Waals surface area contributed by atoms with Gasteiger partial charge >= 0.3 is 0 Å². The van der Waals surface area contributed by atoms with Crippen LogP contribution in [0, 0.1) is 0 Å². The minimum absolute atomic E-state index is 0.207. The van der Waals surface area contributed by atoms with E-state index in [4.69, 9.17) is 9.41 Å². The number of furan rings is 1. The second kappa shape index (κ2) is 12.0. The monoisotopic (exact) mass is 652 g/mol. The lowest BCUT2D eigenvalue weighted by Gasteiger charge is -2.25. The molecule has 1 atom stereocenters. The first-order chi connectivity index (χ1) is 25.2. The van der Waals surface area contributed by atoms with E-state index in [-0.39, 0.29) is 6.17 Å². The zero-order valence-electron chi connectivity index (χ0n) is 27.8. The minimum atomic E-state index is -0.207. The quantitative estimate of drug-likeness (QED) is 0.188. The standard InChI is InChI=1S/C48H32N2O/c1-2-10-35(11-3-1)48-49-44(33-22-18-31(19-23-33)36-26-27-47-43(28-36)41-16-8-9-17-46(41)51-47)30-45(50-48)34-24-20-32(21-25-34)42-29-37-12-4-5-13-38(37)39-14-6-7-15-40(39)42/h1-30,48,50H. The topological polar surface area (TPSA) is 37.5 Å². The highest BCUT2D eigenvalue weighted by Crippen LogP contribution is 2.36. The lowest BCUT2D eigenvalue weighted by atomic mass is 9.92. The third-order valence-corrected chi connectivity index (χ3v) is 10.1. The van der Waals surface area contributed by atoms with Gasteiger partial charge in [0.2, 0.25) is 0 Å². The largest absolute Gasteiger partial charge is 0.456 e. The van der Waals surface area contributed by atoms with Crippen molar-refractivity contribution in [3.63, 3.8) is 0 Å². The van der Waals surface area contributed by atoms with Crippen molar-refractivity contribution in [1.82, 2.24) is 5.32 Å². The summed E-state index contributed by atoms with van der Waals surface area (Å²) >= 11 is 0. The van der Waals surface area contributed by atoms with E-state index in [1.54, 1.807) is 0 Å². The first-order valence-corrected chi connectivity index (χ1v) is 17.4. The normalized spacial score (nSPS) is 14.5. The number of para-hydroxylation sites is 1. The van der Waals surface area contributed by atoms with E-state index >= 15 is 0 Å². The molecule has 9 aromatic rings. The van der Waals surface area contributed by atoms with Gasteiger partial charge in [0.1, 0.15) is 17.3 Å². The fraction of sp³-hybridized carbons (Fsp3) is 0.0208. The van der Waals surface area contributed by atoms with E-state index < -0.39 is 0 Å². The average molecular weight is 653 g/mol. The Balaban J connectivity index is 1.01. The first-order valence-electron chi connectivity index (χ1n) is 17.4. The van der Waals surface area contributed by atoms with Crippen LogP contribution < -0.4 is 5.32 Å². The summed E-state index contributed by atoms with van der Waals surface area (Å²) in [5.41, 5.74) is 11.9. The molecule has 0 radical (unpaired) electrons. The molecule has 2 heterocycles. The molecule has 0 amide bonds. The number of benzene rings is 8. The smallest absolute Gasteiger partial charge is 0.145 e. The molecule has 8 aromatic carbocycles. The Labute approximate surface area is 295 Å². The van der Waals surface area contributed by atoms with Crippen LogP contribution in [-0.2, 0) is 0 Å². The molecule has 1 aliphatic rings. The Bertz CT molecular complexity index is 2810. The van der Waals surface area contributed by atoms with Gasteiger partial charge in [0.25, 0.3) is 0 Å². The SMILES string of the molecule is C1=C(c2ccc(-c3cc4ccccc4c4ccccc34)cc2)NC(c2ccccc2)N=C1c1ccc(-c2ccc3oc4ccccc4c3c2)cc1. The highest BCUT2D eigenvalue weighted by molar-refractivity contribution is 6.15. The van der Waals surface area contributed by atoms with Gasteiger partial charge in [-0.15, -0.1) is 0 Å². The second-order valence-corrected chi connectivity index (χ2v) is 13.2. The summed E-state index contributed by atoms with van der Waals surface area (Å²) in [5, 5.41) is 11.1. The highest BCUT2D eigenvalue weighted by Gasteiger charge is 2.20. The van der Waals surface area contributed by atoms with Crippen molar-refractivity contribution in [2.24, 2.45) is 4.99 Å². The molecule has 240 valence electrons. The molecule has 0 spiro atoms. The zero-order valence-corrected chi connectivity index (χ0v) is 27.8. The van der Waals surface area contributed by atoms with E-state index in [9.17, 15) is 0 Å². The number of hydrogen-bond donors (Lipinski definition) is 1. The van der Waals surface area contributed by atoms with Crippen molar-refractivity contribution in [3.8, 4) is 22.3 Å². The van der Waals surface area contributed by atoms with E-state index in [1.807, 2.05) is 18.2 Å². The number of fused-ring (bicyclic) bond motifs is 6. The number of nitrogens with one attached hydrogen (secondary N) is 1. The van der Waals surface area contributed by atoms with Crippen molar-refractivity contribution >= 4 is 54.9 Å². The van der Waals surface area contributed by atoms with Crippen LogP contribution in [0.15, 0.2) is 191 Å². The molecule has 10 rings (SSSR count). The lowest BCUT2D eigenvalue weighted by Crippen LogP contribution is -2.24. The third kappa shape index (κ3) is 5.19. The molecule has 1 unspecified atom stereocenters. The molecule has 0 aliphatic carbocycles. The maximum atomic E-state index is 6.07. The summed E-state index contributed by atoms with van der Waals surface area (Å²) in [6, 6.07) is 62.5. The number of rotatable bonds is 5. The first kappa shape index (κ1) is 29.2. The van der Waals surface area contributed by atoms with Crippen molar-refractivity contribution < 1.29 is 4.42 Å². The Morgan fingerprint density at radius 1 is 0.431 bits per heavy atom. The molecule has 0 bridgehead atoms. The molecule has 51 heavy (non-hydrogen) atoms. The van der Waals surface area contributed by atoms with Gasteiger partial charge in [-0.05, 0) is 90.8 Å². The summed E-state index contributed by atoms with van der Waals surface area (Å²) in [7, 11) is 0. The molecule has 1 N–H and O–H groups in total. The third-order valence-electron chi connectivity index (χ3n) is 10.1. The minimum Gasteiger partial charge on any atom is -0.456 e.